The Hall–Kier alpha value is -3.59. The van der Waals surface area contributed by atoms with Crippen LogP contribution in [0.4, 0.5) is 10.5 Å². The molecule has 2 aromatic carbocycles. The molecule has 2 aromatic rings. The number of thioether (sulfide) groups is 1. The van der Waals surface area contributed by atoms with Gasteiger partial charge < -0.3 is 15.8 Å². The Kier molecular flexibility index (Phi) is 6.76. The van der Waals surface area contributed by atoms with Gasteiger partial charge in [-0.1, -0.05) is 24.3 Å². The molecule has 1 aliphatic rings. The summed E-state index contributed by atoms with van der Waals surface area (Å²) in [5, 5.41) is 2.24. The maximum atomic E-state index is 12.6. The first-order valence-corrected chi connectivity index (χ1v) is 10.2. The van der Waals surface area contributed by atoms with Crippen LogP contribution in [0.15, 0.2) is 47.4 Å². The summed E-state index contributed by atoms with van der Waals surface area (Å²) >= 11 is 0.775. The Morgan fingerprint density at radius 3 is 2.52 bits per heavy atom. The van der Waals surface area contributed by atoms with E-state index in [9.17, 15) is 19.2 Å². The van der Waals surface area contributed by atoms with Crippen molar-refractivity contribution in [3.63, 3.8) is 0 Å². The van der Waals surface area contributed by atoms with Crippen LogP contribution in [0, 0.1) is 13.8 Å². The number of carbonyl (C=O) groups is 4. The highest BCUT2D eigenvalue weighted by Crippen LogP contribution is 2.32. The number of nitrogens with zero attached hydrogens (tertiary/aromatic N) is 1. The van der Waals surface area contributed by atoms with E-state index < -0.39 is 23.0 Å². The Morgan fingerprint density at radius 2 is 1.84 bits per heavy atom. The van der Waals surface area contributed by atoms with Gasteiger partial charge in [-0.2, -0.15) is 0 Å². The number of hydrogen-bond donors (Lipinski definition) is 2. The molecule has 31 heavy (non-hydrogen) atoms. The standard InChI is InChI=1S/C22H21N3O5S/c1-13-4-3-5-17(14(13)2)24-20(27)11-25-21(28)18(31-22(25)29)10-15-6-8-16(9-7-15)30-12-19(23)26/h3-10H,11-12H2,1-2H3,(H2,23,26)(H,24,27)/b18-10-. The molecule has 0 radical (unpaired) electrons. The van der Waals surface area contributed by atoms with Gasteiger partial charge in [0.2, 0.25) is 5.91 Å². The number of ether oxygens (including phenoxy) is 1. The number of hydrogen-bond acceptors (Lipinski definition) is 6. The van der Waals surface area contributed by atoms with Crippen molar-refractivity contribution in [2.75, 3.05) is 18.5 Å². The highest BCUT2D eigenvalue weighted by Gasteiger charge is 2.36. The Balaban J connectivity index is 1.65. The number of benzene rings is 2. The quantitative estimate of drug-likeness (QED) is 0.641. The van der Waals surface area contributed by atoms with E-state index in [1.807, 2.05) is 26.0 Å². The first-order valence-electron chi connectivity index (χ1n) is 9.37. The summed E-state index contributed by atoms with van der Waals surface area (Å²) in [7, 11) is 0. The number of carbonyl (C=O) groups excluding carboxylic acids is 4. The highest BCUT2D eigenvalue weighted by atomic mass is 32.2. The van der Waals surface area contributed by atoms with E-state index in [1.165, 1.54) is 0 Å². The SMILES string of the molecule is Cc1cccc(NC(=O)CN2C(=O)S/C(=C\c3ccc(OCC(N)=O)cc3)C2=O)c1C. The molecule has 3 N–H and O–H groups in total. The molecule has 0 atom stereocenters. The van der Waals surface area contributed by atoms with Gasteiger partial charge in [0.15, 0.2) is 6.61 Å². The third-order valence-corrected chi connectivity index (χ3v) is 5.52. The van der Waals surface area contributed by atoms with E-state index >= 15 is 0 Å². The number of imide groups is 1. The number of nitrogens with one attached hydrogen (secondary N) is 1. The molecule has 0 bridgehead atoms. The lowest BCUT2D eigenvalue weighted by Gasteiger charge is -2.14. The summed E-state index contributed by atoms with van der Waals surface area (Å²) in [6, 6.07) is 12.1. The zero-order valence-electron chi connectivity index (χ0n) is 17.0. The van der Waals surface area contributed by atoms with Crippen molar-refractivity contribution in [2.24, 2.45) is 5.73 Å². The smallest absolute Gasteiger partial charge is 0.294 e. The molecule has 160 valence electrons. The van der Waals surface area contributed by atoms with Crippen LogP contribution in [-0.4, -0.2) is 41.0 Å². The van der Waals surface area contributed by atoms with E-state index in [0.717, 1.165) is 27.8 Å². The average molecular weight is 439 g/mol. The number of rotatable bonds is 7. The van der Waals surface area contributed by atoms with Gasteiger partial charge in [0.05, 0.1) is 4.91 Å². The molecule has 0 saturated carbocycles. The zero-order chi connectivity index (χ0) is 22.5. The topological polar surface area (TPSA) is 119 Å². The molecular weight excluding hydrogens is 418 g/mol. The molecule has 1 aliphatic heterocycles. The summed E-state index contributed by atoms with van der Waals surface area (Å²) in [4.78, 5) is 49.2. The van der Waals surface area contributed by atoms with Crippen LogP contribution < -0.4 is 15.8 Å². The Labute approximate surface area is 183 Å². The van der Waals surface area contributed by atoms with Crippen LogP contribution in [0.5, 0.6) is 5.75 Å². The maximum Gasteiger partial charge on any atom is 0.294 e. The van der Waals surface area contributed by atoms with Gasteiger partial charge >= 0.3 is 0 Å². The first kappa shape index (κ1) is 22.1. The lowest BCUT2D eigenvalue weighted by molar-refractivity contribution is -0.127. The molecule has 4 amide bonds. The summed E-state index contributed by atoms with van der Waals surface area (Å²) in [5.74, 6) is -1.11. The van der Waals surface area contributed by atoms with E-state index in [0.29, 0.717) is 17.0 Å². The molecule has 3 rings (SSSR count). The fraction of sp³-hybridized carbons (Fsp3) is 0.182. The number of aryl methyl sites for hydroxylation is 1. The van der Waals surface area contributed by atoms with Crippen molar-refractivity contribution in [1.82, 2.24) is 4.90 Å². The van der Waals surface area contributed by atoms with Crippen LogP contribution in [0.25, 0.3) is 6.08 Å². The van der Waals surface area contributed by atoms with Crippen LogP contribution in [0.3, 0.4) is 0 Å². The monoisotopic (exact) mass is 439 g/mol. The van der Waals surface area contributed by atoms with Gasteiger partial charge in [-0.15, -0.1) is 0 Å². The van der Waals surface area contributed by atoms with E-state index in [-0.39, 0.29) is 18.1 Å². The summed E-state index contributed by atoms with van der Waals surface area (Å²) < 4.78 is 5.18. The van der Waals surface area contributed by atoms with E-state index in [4.69, 9.17) is 10.5 Å². The van der Waals surface area contributed by atoms with Gasteiger partial charge in [0.1, 0.15) is 12.3 Å². The van der Waals surface area contributed by atoms with Crippen molar-refractivity contribution in [2.45, 2.75) is 13.8 Å². The molecular formula is C22H21N3O5S. The van der Waals surface area contributed by atoms with Crippen molar-refractivity contribution in [1.29, 1.82) is 0 Å². The first-order chi connectivity index (χ1) is 14.7. The normalized spacial score (nSPS) is 14.8. The molecule has 1 heterocycles. The van der Waals surface area contributed by atoms with Gasteiger partial charge in [0.25, 0.3) is 17.1 Å². The maximum absolute atomic E-state index is 12.6. The summed E-state index contributed by atoms with van der Waals surface area (Å²) in [6.45, 7) is 3.22. The molecule has 1 saturated heterocycles. The van der Waals surface area contributed by atoms with Crippen LogP contribution in [-0.2, 0) is 14.4 Å². The minimum absolute atomic E-state index is 0.218. The number of amides is 4. The molecule has 0 unspecified atom stereocenters. The van der Waals surface area contributed by atoms with Crippen molar-refractivity contribution >= 4 is 46.5 Å². The third kappa shape index (κ3) is 5.52. The fourth-order valence-corrected chi connectivity index (χ4v) is 3.66. The third-order valence-electron chi connectivity index (χ3n) is 4.61. The van der Waals surface area contributed by atoms with Gasteiger partial charge in [-0.3, -0.25) is 24.1 Å². The second-order valence-corrected chi connectivity index (χ2v) is 7.88. The van der Waals surface area contributed by atoms with Crippen LogP contribution in [0.2, 0.25) is 0 Å². The number of nitrogens with two attached hydrogens (primary N) is 1. The van der Waals surface area contributed by atoms with E-state index in [2.05, 4.69) is 5.32 Å². The minimum Gasteiger partial charge on any atom is -0.484 e. The Morgan fingerprint density at radius 1 is 1.13 bits per heavy atom. The fourth-order valence-electron chi connectivity index (χ4n) is 2.82. The second-order valence-electron chi connectivity index (χ2n) is 6.89. The zero-order valence-corrected chi connectivity index (χ0v) is 17.8. The van der Waals surface area contributed by atoms with Crippen LogP contribution in [0.1, 0.15) is 16.7 Å². The molecule has 9 heteroatoms. The minimum atomic E-state index is -0.584. The molecule has 0 aromatic heterocycles. The summed E-state index contributed by atoms with van der Waals surface area (Å²) in [6.07, 6.45) is 1.56. The summed E-state index contributed by atoms with van der Waals surface area (Å²) in [5.41, 5.74) is 8.29. The van der Waals surface area contributed by atoms with Gasteiger partial charge in [-0.25, -0.2) is 0 Å². The lowest BCUT2D eigenvalue weighted by Crippen LogP contribution is -2.36. The Bertz CT molecular complexity index is 1080. The predicted molar refractivity (Wildman–Crippen MR) is 118 cm³/mol. The largest absolute Gasteiger partial charge is 0.484 e. The van der Waals surface area contributed by atoms with Gasteiger partial charge in [-0.05, 0) is 66.6 Å². The van der Waals surface area contributed by atoms with Crippen LogP contribution >= 0.6 is 11.8 Å². The van der Waals surface area contributed by atoms with Gasteiger partial charge in [0, 0.05) is 5.69 Å². The lowest BCUT2D eigenvalue weighted by atomic mass is 10.1. The molecule has 1 fully saturated rings. The molecule has 0 aliphatic carbocycles. The molecule has 0 spiro atoms. The second kappa shape index (κ2) is 9.48. The van der Waals surface area contributed by atoms with Crippen molar-refractivity contribution in [3.8, 4) is 5.75 Å². The van der Waals surface area contributed by atoms with E-state index in [1.54, 1.807) is 36.4 Å². The number of primary amides is 1. The average Bonchev–Trinajstić information content (AvgIpc) is 2.98. The molecule has 8 nitrogen and oxygen atoms in total. The number of anilines is 1. The highest BCUT2D eigenvalue weighted by molar-refractivity contribution is 8.18. The van der Waals surface area contributed by atoms with Crippen molar-refractivity contribution in [3.05, 3.63) is 64.1 Å². The van der Waals surface area contributed by atoms with Crippen molar-refractivity contribution < 1.29 is 23.9 Å². The predicted octanol–water partition coefficient (Wildman–Crippen LogP) is 2.84.